The van der Waals surface area contributed by atoms with Crippen molar-refractivity contribution in [1.82, 2.24) is 24.9 Å². The average molecular weight is 526 g/mol. The summed E-state index contributed by atoms with van der Waals surface area (Å²) in [6, 6.07) is 7.78. The minimum atomic E-state index is -0.0638. The van der Waals surface area contributed by atoms with Crippen LogP contribution in [0.25, 0.3) is 0 Å². The Kier molecular flexibility index (Phi) is 8.94. The highest BCUT2D eigenvalue weighted by Gasteiger charge is 2.26. The Bertz CT molecular complexity index is 867. The van der Waals surface area contributed by atoms with Crippen LogP contribution in [-0.2, 0) is 18.4 Å². The van der Waals surface area contributed by atoms with Crippen LogP contribution >= 0.6 is 24.0 Å². The first-order chi connectivity index (χ1) is 14.0. The van der Waals surface area contributed by atoms with E-state index in [2.05, 4.69) is 26.5 Å². The van der Waals surface area contributed by atoms with Crippen molar-refractivity contribution in [1.29, 1.82) is 0 Å². The molecule has 1 aromatic carbocycles. The van der Waals surface area contributed by atoms with Crippen molar-refractivity contribution in [2.75, 3.05) is 40.8 Å². The number of likely N-dealkylation sites (N-methyl/N-ethyl adjacent to an activating group) is 1. The number of halogens is 1. The minimum absolute atomic E-state index is 0. The number of carbonyl (C=O) groups excluding carboxylic acids is 1. The van der Waals surface area contributed by atoms with Crippen LogP contribution in [0, 0.1) is 0 Å². The van der Waals surface area contributed by atoms with Gasteiger partial charge in [-0.25, -0.2) is 0 Å². The normalized spacial score (nSPS) is 16.2. The van der Waals surface area contributed by atoms with Crippen molar-refractivity contribution in [3.05, 3.63) is 47.8 Å². The van der Waals surface area contributed by atoms with Gasteiger partial charge in [-0.1, -0.05) is 12.1 Å². The smallest absolute Gasteiger partial charge is 0.259 e. The first kappa shape index (κ1) is 24.0. The van der Waals surface area contributed by atoms with Gasteiger partial charge in [0.2, 0.25) is 0 Å². The molecule has 2 heterocycles. The van der Waals surface area contributed by atoms with Gasteiger partial charge in [-0.05, 0) is 29.7 Å². The molecule has 0 saturated carbocycles. The molecule has 1 amide bonds. The highest BCUT2D eigenvalue weighted by atomic mass is 127. The summed E-state index contributed by atoms with van der Waals surface area (Å²) >= 11 is 0. The van der Waals surface area contributed by atoms with Gasteiger partial charge in [0.25, 0.3) is 5.91 Å². The average Bonchev–Trinajstić information content (AvgIpc) is 3.36. The van der Waals surface area contributed by atoms with Gasteiger partial charge in [0.15, 0.2) is 12.6 Å². The number of aromatic nitrogens is 2. The van der Waals surface area contributed by atoms with Crippen LogP contribution in [0.15, 0.2) is 41.7 Å². The van der Waals surface area contributed by atoms with Gasteiger partial charge in [0.05, 0.1) is 6.20 Å². The molecule has 1 aliphatic heterocycles. The van der Waals surface area contributed by atoms with Crippen LogP contribution in [0.4, 0.5) is 0 Å². The molecule has 3 rings (SSSR count). The van der Waals surface area contributed by atoms with Gasteiger partial charge in [-0.2, -0.15) is 5.10 Å². The summed E-state index contributed by atoms with van der Waals surface area (Å²) < 4.78 is 7.45. The Morgan fingerprint density at radius 2 is 2.20 bits per heavy atom. The standard InChI is InChI=1S/C21H30N6O2.HI/c1-22-21(27-9-8-17(14-27)18-12-24-26(4)13-18)23-11-16-6-5-7-19(10-16)29-15-20(28)25(2)3;/h5-7,10,12-13,17H,8-9,11,14-15H2,1-4H3,(H,22,23);1H. The molecule has 0 aliphatic carbocycles. The predicted octanol–water partition coefficient (Wildman–Crippen LogP) is 2.07. The molecule has 1 aromatic heterocycles. The number of likely N-dealkylation sites (tertiary alicyclic amines) is 1. The van der Waals surface area contributed by atoms with Crippen molar-refractivity contribution >= 4 is 35.8 Å². The molecule has 0 bridgehead atoms. The first-order valence-corrected chi connectivity index (χ1v) is 9.82. The maximum absolute atomic E-state index is 11.7. The number of hydrogen-bond acceptors (Lipinski definition) is 4. The second kappa shape index (κ2) is 11.2. The lowest BCUT2D eigenvalue weighted by Gasteiger charge is -2.21. The number of benzene rings is 1. The van der Waals surface area contributed by atoms with E-state index in [4.69, 9.17) is 4.74 Å². The quantitative estimate of drug-likeness (QED) is 0.355. The Labute approximate surface area is 195 Å². The van der Waals surface area contributed by atoms with Crippen LogP contribution in [0.2, 0.25) is 0 Å². The summed E-state index contributed by atoms with van der Waals surface area (Å²) in [5.74, 6) is 2.00. The maximum Gasteiger partial charge on any atom is 0.259 e. The molecule has 0 spiro atoms. The molecule has 1 N–H and O–H groups in total. The Morgan fingerprint density at radius 3 is 2.87 bits per heavy atom. The maximum atomic E-state index is 11.7. The van der Waals surface area contributed by atoms with Crippen LogP contribution < -0.4 is 10.1 Å². The molecule has 30 heavy (non-hydrogen) atoms. The molecular formula is C21H31IN6O2. The number of aryl methyl sites for hydroxylation is 1. The fraction of sp³-hybridized carbons (Fsp3) is 0.476. The number of hydrogen-bond donors (Lipinski definition) is 1. The fourth-order valence-corrected chi connectivity index (χ4v) is 3.41. The number of guanidine groups is 1. The summed E-state index contributed by atoms with van der Waals surface area (Å²) in [7, 11) is 7.20. The molecule has 1 fully saturated rings. The van der Waals surface area contributed by atoms with E-state index in [9.17, 15) is 4.79 Å². The Balaban J connectivity index is 0.00000320. The highest BCUT2D eigenvalue weighted by molar-refractivity contribution is 14.0. The molecule has 1 atom stereocenters. The number of aliphatic imine (C=N–C) groups is 1. The third-order valence-corrected chi connectivity index (χ3v) is 5.11. The number of carbonyl (C=O) groups is 1. The summed E-state index contributed by atoms with van der Waals surface area (Å²) in [4.78, 5) is 19.9. The lowest BCUT2D eigenvalue weighted by Crippen LogP contribution is -2.39. The van der Waals surface area contributed by atoms with Crippen molar-refractivity contribution < 1.29 is 9.53 Å². The van der Waals surface area contributed by atoms with E-state index in [1.807, 2.05) is 49.2 Å². The van der Waals surface area contributed by atoms with Crippen molar-refractivity contribution in [3.8, 4) is 5.75 Å². The molecular weight excluding hydrogens is 495 g/mol. The molecule has 9 heteroatoms. The Hall–Kier alpha value is -2.30. The number of nitrogens with one attached hydrogen (secondary N) is 1. The monoisotopic (exact) mass is 526 g/mol. The van der Waals surface area contributed by atoms with E-state index >= 15 is 0 Å². The third kappa shape index (κ3) is 6.35. The van der Waals surface area contributed by atoms with E-state index in [0.717, 1.165) is 31.0 Å². The zero-order chi connectivity index (χ0) is 20.8. The van der Waals surface area contributed by atoms with Crippen molar-refractivity contribution in [2.24, 2.45) is 12.0 Å². The van der Waals surface area contributed by atoms with Gasteiger partial charge >= 0.3 is 0 Å². The first-order valence-electron chi connectivity index (χ1n) is 9.82. The van der Waals surface area contributed by atoms with Crippen LogP contribution in [0.3, 0.4) is 0 Å². The summed E-state index contributed by atoms with van der Waals surface area (Å²) in [5, 5.41) is 7.73. The lowest BCUT2D eigenvalue weighted by molar-refractivity contribution is -0.130. The van der Waals surface area contributed by atoms with E-state index < -0.39 is 0 Å². The van der Waals surface area contributed by atoms with Crippen LogP contribution in [0.1, 0.15) is 23.5 Å². The molecule has 8 nitrogen and oxygen atoms in total. The van der Waals surface area contributed by atoms with E-state index in [1.165, 1.54) is 10.5 Å². The third-order valence-electron chi connectivity index (χ3n) is 5.11. The predicted molar refractivity (Wildman–Crippen MR) is 128 cm³/mol. The largest absolute Gasteiger partial charge is 0.484 e. The van der Waals surface area contributed by atoms with Crippen LogP contribution in [-0.4, -0.2) is 72.3 Å². The molecule has 2 aromatic rings. The van der Waals surface area contributed by atoms with Gasteiger partial charge in [-0.3, -0.25) is 14.5 Å². The highest BCUT2D eigenvalue weighted by Crippen LogP contribution is 2.26. The summed E-state index contributed by atoms with van der Waals surface area (Å²) in [5.41, 5.74) is 2.35. The molecule has 1 unspecified atom stereocenters. The zero-order valence-electron chi connectivity index (χ0n) is 18.0. The second-order valence-electron chi connectivity index (χ2n) is 7.50. The van der Waals surface area contributed by atoms with Gasteiger partial charge < -0.3 is 19.9 Å². The minimum Gasteiger partial charge on any atom is -0.484 e. The lowest BCUT2D eigenvalue weighted by atomic mass is 10.0. The molecule has 1 saturated heterocycles. The van der Waals surface area contributed by atoms with Gasteiger partial charge in [-0.15, -0.1) is 24.0 Å². The number of nitrogens with zero attached hydrogens (tertiary/aromatic N) is 5. The number of amides is 1. The topological polar surface area (TPSA) is 75.0 Å². The molecule has 1 aliphatic rings. The Morgan fingerprint density at radius 1 is 1.40 bits per heavy atom. The second-order valence-corrected chi connectivity index (χ2v) is 7.50. The van der Waals surface area contributed by atoms with Gasteiger partial charge in [0.1, 0.15) is 5.75 Å². The number of ether oxygens (including phenoxy) is 1. The summed E-state index contributed by atoms with van der Waals surface area (Å²) in [6.07, 6.45) is 5.14. The van der Waals surface area contributed by atoms with Crippen molar-refractivity contribution in [3.63, 3.8) is 0 Å². The zero-order valence-corrected chi connectivity index (χ0v) is 20.4. The molecule has 0 radical (unpaired) electrons. The number of rotatable bonds is 6. The van der Waals surface area contributed by atoms with Gasteiger partial charge in [0, 0.05) is 59.9 Å². The van der Waals surface area contributed by atoms with Crippen LogP contribution in [0.5, 0.6) is 5.75 Å². The van der Waals surface area contributed by atoms with E-state index in [1.54, 1.807) is 14.1 Å². The molecule has 164 valence electrons. The van der Waals surface area contributed by atoms with E-state index in [0.29, 0.717) is 18.2 Å². The van der Waals surface area contributed by atoms with E-state index in [-0.39, 0.29) is 36.5 Å². The summed E-state index contributed by atoms with van der Waals surface area (Å²) in [6.45, 7) is 2.57. The fourth-order valence-electron chi connectivity index (χ4n) is 3.41. The van der Waals surface area contributed by atoms with Crippen molar-refractivity contribution in [2.45, 2.75) is 18.9 Å². The SMILES string of the molecule is CN=C(NCc1cccc(OCC(=O)N(C)C)c1)N1CCC(c2cnn(C)c2)C1.I.